The minimum atomic E-state index is 0.269. The van der Waals surface area contributed by atoms with Crippen molar-refractivity contribution < 1.29 is 4.74 Å². The van der Waals surface area contributed by atoms with Crippen molar-refractivity contribution in [2.75, 3.05) is 13.2 Å². The molecule has 1 unspecified atom stereocenters. The lowest BCUT2D eigenvalue weighted by Crippen LogP contribution is -2.14. The van der Waals surface area contributed by atoms with Crippen LogP contribution in [0, 0.1) is 0 Å². The molecule has 0 aliphatic carbocycles. The number of hydrogen-bond acceptors (Lipinski definition) is 4. The van der Waals surface area contributed by atoms with Crippen LogP contribution in [0.2, 0.25) is 0 Å². The second-order valence-electron chi connectivity index (χ2n) is 5.20. The van der Waals surface area contributed by atoms with E-state index in [-0.39, 0.29) is 6.10 Å². The van der Waals surface area contributed by atoms with Gasteiger partial charge in [-0.3, -0.25) is 0 Å². The fourth-order valence-corrected chi connectivity index (χ4v) is 3.55. The Morgan fingerprint density at radius 2 is 2.26 bits per heavy atom. The van der Waals surface area contributed by atoms with Crippen LogP contribution in [0.25, 0.3) is 0 Å². The molecule has 1 aliphatic rings. The van der Waals surface area contributed by atoms with Gasteiger partial charge in [-0.15, -0.1) is 11.3 Å². The third kappa shape index (κ3) is 4.26. The second kappa shape index (κ2) is 7.98. The molecule has 1 aromatic rings. The van der Waals surface area contributed by atoms with E-state index in [2.05, 4.69) is 19.2 Å². The summed E-state index contributed by atoms with van der Waals surface area (Å²) in [5, 5.41) is 4.74. The molecule has 3 nitrogen and oxygen atoms in total. The van der Waals surface area contributed by atoms with Gasteiger partial charge in [0, 0.05) is 18.0 Å². The molecule has 19 heavy (non-hydrogen) atoms. The highest BCUT2D eigenvalue weighted by Gasteiger charge is 2.22. The van der Waals surface area contributed by atoms with E-state index in [9.17, 15) is 0 Å². The summed E-state index contributed by atoms with van der Waals surface area (Å²) in [5.41, 5.74) is 1.29. The first-order chi connectivity index (χ1) is 9.35. The molecule has 1 fully saturated rings. The van der Waals surface area contributed by atoms with Crippen LogP contribution in [-0.4, -0.2) is 18.1 Å². The van der Waals surface area contributed by atoms with Crippen LogP contribution < -0.4 is 5.32 Å². The quantitative estimate of drug-likeness (QED) is 0.736. The smallest absolute Gasteiger partial charge is 0.122 e. The Morgan fingerprint density at radius 1 is 1.37 bits per heavy atom. The van der Waals surface area contributed by atoms with Gasteiger partial charge >= 0.3 is 0 Å². The standard InChI is InChI=1S/C15H26N2OS/c1-3-5-9-16-11-14-12(7-4-2)17-15(19-14)13-8-6-10-18-13/h13,16H,3-11H2,1-2H3. The van der Waals surface area contributed by atoms with Crippen LogP contribution in [0.1, 0.15) is 67.6 Å². The SMILES string of the molecule is CCCCNCc1sc(C2CCCO2)nc1CCC. The van der Waals surface area contributed by atoms with E-state index < -0.39 is 0 Å². The van der Waals surface area contributed by atoms with E-state index >= 15 is 0 Å². The first-order valence-corrected chi connectivity index (χ1v) is 8.47. The van der Waals surface area contributed by atoms with Crippen molar-refractivity contribution in [2.24, 2.45) is 0 Å². The van der Waals surface area contributed by atoms with Crippen molar-refractivity contribution in [3.8, 4) is 0 Å². The number of ether oxygens (including phenoxy) is 1. The van der Waals surface area contributed by atoms with Gasteiger partial charge in [0.15, 0.2) is 0 Å². The highest BCUT2D eigenvalue weighted by molar-refractivity contribution is 7.11. The highest BCUT2D eigenvalue weighted by Crippen LogP contribution is 2.33. The molecule has 0 amide bonds. The van der Waals surface area contributed by atoms with Gasteiger partial charge in [-0.1, -0.05) is 26.7 Å². The fourth-order valence-electron chi connectivity index (χ4n) is 2.39. The average Bonchev–Trinajstić information content (AvgIpc) is 3.04. The lowest BCUT2D eigenvalue weighted by molar-refractivity contribution is 0.111. The summed E-state index contributed by atoms with van der Waals surface area (Å²) in [5.74, 6) is 0. The molecule has 0 radical (unpaired) electrons. The van der Waals surface area contributed by atoms with E-state index in [1.165, 1.54) is 34.8 Å². The molecule has 2 heterocycles. The van der Waals surface area contributed by atoms with Crippen LogP contribution in [0.4, 0.5) is 0 Å². The Bertz CT molecular complexity index is 372. The number of aromatic nitrogens is 1. The van der Waals surface area contributed by atoms with Crippen molar-refractivity contribution in [3.63, 3.8) is 0 Å². The number of nitrogens with zero attached hydrogens (tertiary/aromatic N) is 1. The first kappa shape index (κ1) is 14.9. The monoisotopic (exact) mass is 282 g/mol. The molecule has 0 bridgehead atoms. The van der Waals surface area contributed by atoms with E-state index in [4.69, 9.17) is 9.72 Å². The maximum absolute atomic E-state index is 5.76. The van der Waals surface area contributed by atoms with Gasteiger partial charge in [0.1, 0.15) is 11.1 Å². The summed E-state index contributed by atoms with van der Waals surface area (Å²) >= 11 is 1.86. The number of thiazole rings is 1. The fraction of sp³-hybridized carbons (Fsp3) is 0.800. The van der Waals surface area contributed by atoms with Crippen molar-refractivity contribution in [1.29, 1.82) is 0 Å². The first-order valence-electron chi connectivity index (χ1n) is 7.66. The Morgan fingerprint density at radius 3 is 2.95 bits per heavy atom. The van der Waals surface area contributed by atoms with Crippen LogP contribution in [0.15, 0.2) is 0 Å². The number of aryl methyl sites for hydroxylation is 1. The summed E-state index contributed by atoms with van der Waals surface area (Å²) < 4.78 is 5.76. The Kier molecular flexibility index (Phi) is 6.28. The van der Waals surface area contributed by atoms with Crippen LogP contribution in [0.5, 0.6) is 0 Å². The van der Waals surface area contributed by atoms with Crippen LogP contribution >= 0.6 is 11.3 Å². The lowest BCUT2D eigenvalue weighted by Gasteiger charge is -2.03. The normalized spacial score (nSPS) is 19.2. The topological polar surface area (TPSA) is 34.1 Å². The molecular weight excluding hydrogens is 256 g/mol. The zero-order valence-electron chi connectivity index (χ0n) is 12.2. The van der Waals surface area contributed by atoms with Crippen molar-refractivity contribution in [1.82, 2.24) is 10.3 Å². The Labute approximate surface area is 120 Å². The summed E-state index contributed by atoms with van der Waals surface area (Å²) in [6.45, 7) is 7.43. The Balaban J connectivity index is 1.97. The molecule has 0 saturated carbocycles. The predicted molar refractivity (Wildman–Crippen MR) is 80.7 cm³/mol. The van der Waals surface area contributed by atoms with Crippen LogP contribution in [0.3, 0.4) is 0 Å². The van der Waals surface area contributed by atoms with Gasteiger partial charge in [-0.25, -0.2) is 4.98 Å². The zero-order chi connectivity index (χ0) is 13.5. The van der Waals surface area contributed by atoms with Gasteiger partial charge in [-0.2, -0.15) is 0 Å². The van der Waals surface area contributed by atoms with Crippen LogP contribution in [-0.2, 0) is 17.7 Å². The van der Waals surface area contributed by atoms with Gasteiger partial charge < -0.3 is 10.1 Å². The molecule has 108 valence electrons. The van der Waals surface area contributed by atoms with Crippen molar-refractivity contribution in [2.45, 2.75) is 65.0 Å². The van der Waals surface area contributed by atoms with E-state index in [1.807, 2.05) is 11.3 Å². The number of rotatable bonds is 8. The van der Waals surface area contributed by atoms with E-state index in [0.717, 1.165) is 39.0 Å². The van der Waals surface area contributed by atoms with Crippen molar-refractivity contribution >= 4 is 11.3 Å². The molecule has 4 heteroatoms. The molecular formula is C15H26N2OS. The third-order valence-electron chi connectivity index (χ3n) is 3.48. The average molecular weight is 282 g/mol. The van der Waals surface area contributed by atoms with Crippen molar-refractivity contribution in [3.05, 3.63) is 15.6 Å². The second-order valence-corrected chi connectivity index (χ2v) is 6.32. The highest BCUT2D eigenvalue weighted by atomic mass is 32.1. The third-order valence-corrected chi connectivity index (χ3v) is 4.67. The summed E-state index contributed by atoms with van der Waals surface area (Å²) in [7, 11) is 0. The van der Waals surface area contributed by atoms with E-state index in [1.54, 1.807) is 0 Å². The molecule has 1 atom stereocenters. The molecule has 1 aliphatic heterocycles. The van der Waals surface area contributed by atoms with Gasteiger partial charge in [0.05, 0.1) is 5.69 Å². The molecule has 0 spiro atoms. The number of nitrogens with one attached hydrogen (secondary N) is 1. The zero-order valence-corrected chi connectivity index (χ0v) is 13.0. The van der Waals surface area contributed by atoms with Gasteiger partial charge in [-0.05, 0) is 32.2 Å². The number of hydrogen-bond donors (Lipinski definition) is 1. The maximum Gasteiger partial charge on any atom is 0.122 e. The minimum Gasteiger partial charge on any atom is -0.371 e. The van der Waals surface area contributed by atoms with Gasteiger partial charge in [0.25, 0.3) is 0 Å². The number of unbranched alkanes of at least 4 members (excludes halogenated alkanes) is 1. The summed E-state index contributed by atoms with van der Waals surface area (Å²) in [6, 6.07) is 0. The summed E-state index contributed by atoms with van der Waals surface area (Å²) in [4.78, 5) is 6.25. The maximum atomic E-state index is 5.76. The molecule has 2 rings (SSSR count). The molecule has 1 saturated heterocycles. The summed E-state index contributed by atoms with van der Waals surface area (Å²) in [6.07, 6.45) is 7.34. The molecule has 1 N–H and O–H groups in total. The minimum absolute atomic E-state index is 0.269. The molecule has 0 aromatic carbocycles. The largest absolute Gasteiger partial charge is 0.371 e. The predicted octanol–water partition coefficient (Wildman–Crippen LogP) is 3.84. The lowest BCUT2D eigenvalue weighted by atomic mass is 10.2. The van der Waals surface area contributed by atoms with E-state index in [0.29, 0.717) is 0 Å². The van der Waals surface area contributed by atoms with Gasteiger partial charge in [0.2, 0.25) is 0 Å². The Hall–Kier alpha value is -0.450. The molecule has 1 aromatic heterocycles.